The summed E-state index contributed by atoms with van der Waals surface area (Å²) in [7, 11) is -4.55. The van der Waals surface area contributed by atoms with E-state index < -0.39 is 31.3 Å². The molecular weight excluding hydrogens is 501 g/mol. The minimum absolute atomic E-state index is 0.160. The van der Waals surface area contributed by atoms with E-state index in [-0.39, 0.29) is 17.3 Å². The summed E-state index contributed by atoms with van der Waals surface area (Å²) in [5, 5.41) is 0. The first kappa shape index (κ1) is 25.7. The number of hydrogen-bond acceptors (Lipinski definition) is 9. The summed E-state index contributed by atoms with van der Waals surface area (Å²) in [6.07, 6.45) is 2.53. The molecule has 4 rings (SSSR count). The SMILES string of the molecule is CC(C)(C)OC(=O)N1C(=O)/C(=C/c2ccco2)OC=C1OP(=O)(Oc1ccccc1)Oc1ccccc1. The van der Waals surface area contributed by atoms with Crippen LogP contribution >= 0.6 is 7.82 Å². The molecule has 2 aromatic carbocycles. The normalized spacial score (nSPS) is 15.0. The van der Waals surface area contributed by atoms with Crippen molar-refractivity contribution in [1.29, 1.82) is 0 Å². The maximum atomic E-state index is 13.8. The number of carbonyl (C=O) groups excluding carboxylic acids is 2. The van der Waals surface area contributed by atoms with Crippen LogP contribution in [0.2, 0.25) is 0 Å². The average molecular weight is 525 g/mol. The van der Waals surface area contributed by atoms with Crippen LogP contribution in [-0.2, 0) is 23.4 Å². The summed E-state index contributed by atoms with van der Waals surface area (Å²) >= 11 is 0. The van der Waals surface area contributed by atoms with Gasteiger partial charge in [0.05, 0.1) is 6.26 Å². The van der Waals surface area contributed by atoms with E-state index in [0.29, 0.717) is 10.7 Å². The second-order valence-electron chi connectivity index (χ2n) is 8.57. The minimum Gasteiger partial charge on any atom is -0.465 e. The average Bonchev–Trinajstić information content (AvgIpc) is 3.34. The lowest BCUT2D eigenvalue weighted by atomic mass is 10.2. The summed E-state index contributed by atoms with van der Waals surface area (Å²) < 4.78 is 46.6. The number of amides is 2. The third-order valence-corrected chi connectivity index (χ3v) is 5.72. The van der Waals surface area contributed by atoms with Crippen molar-refractivity contribution in [3.8, 4) is 11.5 Å². The summed E-state index contributed by atoms with van der Waals surface area (Å²) in [5.74, 6) is -1.16. The Morgan fingerprint density at radius 1 is 0.892 bits per heavy atom. The number of phosphoric ester groups is 1. The van der Waals surface area contributed by atoms with E-state index in [1.165, 1.54) is 36.6 Å². The molecule has 1 aliphatic heterocycles. The van der Waals surface area contributed by atoms with Crippen molar-refractivity contribution in [2.45, 2.75) is 26.4 Å². The Kier molecular flexibility index (Phi) is 7.40. The van der Waals surface area contributed by atoms with Crippen LogP contribution in [-0.4, -0.2) is 22.5 Å². The highest BCUT2D eigenvalue weighted by Gasteiger charge is 2.43. The monoisotopic (exact) mass is 525 g/mol. The van der Waals surface area contributed by atoms with Gasteiger partial charge in [0, 0.05) is 6.08 Å². The molecule has 0 aliphatic carbocycles. The van der Waals surface area contributed by atoms with Crippen molar-refractivity contribution in [3.05, 3.63) is 103 Å². The van der Waals surface area contributed by atoms with Gasteiger partial charge in [-0.1, -0.05) is 36.4 Å². The molecule has 0 spiro atoms. The first-order valence-electron chi connectivity index (χ1n) is 11.1. The summed E-state index contributed by atoms with van der Waals surface area (Å²) in [6, 6.07) is 19.5. The van der Waals surface area contributed by atoms with Crippen LogP contribution in [0.1, 0.15) is 26.5 Å². The van der Waals surface area contributed by atoms with Crippen LogP contribution in [0.25, 0.3) is 6.08 Å². The van der Waals surface area contributed by atoms with Gasteiger partial charge < -0.3 is 27.5 Å². The Morgan fingerprint density at radius 3 is 2.00 bits per heavy atom. The number of para-hydroxylation sites is 2. The highest BCUT2D eigenvalue weighted by Crippen LogP contribution is 2.52. The molecule has 3 aromatic rings. The number of hydrogen-bond donors (Lipinski definition) is 0. The minimum atomic E-state index is -4.55. The molecule has 1 aromatic heterocycles. The third kappa shape index (κ3) is 6.83. The molecule has 0 saturated carbocycles. The van der Waals surface area contributed by atoms with Gasteiger partial charge in [-0.15, -0.1) is 0 Å². The van der Waals surface area contributed by atoms with Crippen LogP contribution in [0.5, 0.6) is 11.5 Å². The molecule has 2 amide bonds. The van der Waals surface area contributed by atoms with Crippen LogP contribution in [0.4, 0.5) is 4.79 Å². The smallest absolute Gasteiger partial charge is 0.465 e. The fraction of sp³-hybridized carbons (Fsp3) is 0.154. The number of rotatable bonds is 7. The van der Waals surface area contributed by atoms with E-state index >= 15 is 0 Å². The summed E-state index contributed by atoms with van der Waals surface area (Å²) in [6.45, 7) is 4.88. The number of carbonyl (C=O) groups is 2. The lowest BCUT2D eigenvalue weighted by molar-refractivity contribution is -0.130. The molecule has 0 fully saturated rings. The second-order valence-corrected chi connectivity index (χ2v) is 10.0. The lowest BCUT2D eigenvalue weighted by Gasteiger charge is -2.30. The van der Waals surface area contributed by atoms with Gasteiger partial charge in [0.15, 0.2) is 12.0 Å². The van der Waals surface area contributed by atoms with E-state index in [2.05, 4.69) is 0 Å². The standard InChI is InChI=1S/C26H24NO9P/c1-26(2,3)33-25(29)27-23(18-32-22(24(27)28)17-21-15-10-16-31-21)36-37(30,34-19-11-6-4-7-12-19)35-20-13-8-5-9-14-20/h4-18H,1-3H3/b22-17-. The molecule has 10 nitrogen and oxygen atoms in total. The topological polar surface area (TPSA) is 114 Å². The molecule has 0 bridgehead atoms. The number of nitrogens with zero attached hydrogens (tertiary/aromatic N) is 1. The zero-order chi connectivity index (χ0) is 26.5. The molecule has 0 saturated heterocycles. The van der Waals surface area contributed by atoms with Gasteiger partial charge in [-0.05, 0) is 57.2 Å². The number of ether oxygens (including phenoxy) is 2. The zero-order valence-corrected chi connectivity index (χ0v) is 21.1. The van der Waals surface area contributed by atoms with Crippen molar-refractivity contribution < 1.29 is 41.6 Å². The highest BCUT2D eigenvalue weighted by atomic mass is 31.2. The van der Waals surface area contributed by atoms with E-state index in [1.54, 1.807) is 69.3 Å². The van der Waals surface area contributed by atoms with Gasteiger partial charge in [-0.2, -0.15) is 9.46 Å². The van der Waals surface area contributed by atoms with Crippen LogP contribution in [0.15, 0.2) is 101 Å². The summed E-state index contributed by atoms with van der Waals surface area (Å²) in [4.78, 5) is 26.9. The fourth-order valence-electron chi connectivity index (χ4n) is 2.96. The van der Waals surface area contributed by atoms with Crippen molar-refractivity contribution in [2.75, 3.05) is 0 Å². The molecule has 192 valence electrons. The molecule has 0 unspecified atom stereocenters. The van der Waals surface area contributed by atoms with Gasteiger partial charge in [0.25, 0.3) is 5.88 Å². The zero-order valence-electron chi connectivity index (χ0n) is 20.2. The second kappa shape index (κ2) is 10.7. The van der Waals surface area contributed by atoms with Crippen molar-refractivity contribution in [3.63, 3.8) is 0 Å². The van der Waals surface area contributed by atoms with Gasteiger partial charge in [-0.3, -0.25) is 4.79 Å². The number of benzene rings is 2. The van der Waals surface area contributed by atoms with E-state index in [4.69, 9.17) is 27.5 Å². The van der Waals surface area contributed by atoms with Gasteiger partial charge >= 0.3 is 19.8 Å². The van der Waals surface area contributed by atoms with Crippen molar-refractivity contribution >= 4 is 25.9 Å². The number of phosphoric acid groups is 1. The predicted molar refractivity (Wildman–Crippen MR) is 132 cm³/mol. The van der Waals surface area contributed by atoms with E-state index in [0.717, 1.165) is 6.26 Å². The maximum Gasteiger partial charge on any atom is 0.648 e. The Morgan fingerprint density at radius 2 is 1.49 bits per heavy atom. The van der Waals surface area contributed by atoms with Crippen LogP contribution in [0, 0.1) is 0 Å². The maximum absolute atomic E-state index is 13.8. The van der Waals surface area contributed by atoms with Gasteiger partial charge in [-0.25, -0.2) is 4.79 Å². The third-order valence-electron chi connectivity index (χ3n) is 4.44. The Hall–Kier alpha value is -4.43. The van der Waals surface area contributed by atoms with E-state index in [9.17, 15) is 14.2 Å². The lowest BCUT2D eigenvalue weighted by Crippen LogP contribution is -2.43. The fourth-order valence-corrected chi connectivity index (χ4v) is 4.19. The molecule has 1 aliphatic rings. The quantitative estimate of drug-likeness (QED) is 0.252. The predicted octanol–water partition coefficient (Wildman–Crippen LogP) is 6.50. The van der Waals surface area contributed by atoms with Gasteiger partial charge in [0.2, 0.25) is 0 Å². The number of furan rings is 1. The first-order valence-corrected chi connectivity index (χ1v) is 12.6. The molecule has 0 atom stereocenters. The highest BCUT2D eigenvalue weighted by molar-refractivity contribution is 7.49. The molecule has 11 heteroatoms. The molecule has 0 radical (unpaired) electrons. The van der Waals surface area contributed by atoms with Gasteiger partial charge in [0.1, 0.15) is 22.9 Å². The largest absolute Gasteiger partial charge is 0.648 e. The van der Waals surface area contributed by atoms with Crippen molar-refractivity contribution in [1.82, 2.24) is 4.90 Å². The van der Waals surface area contributed by atoms with Crippen LogP contribution < -0.4 is 9.05 Å². The molecule has 37 heavy (non-hydrogen) atoms. The molecule has 0 N–H and O–H groups in total. The van der Waals surface area contributed by atoms with Crippen molar-refractivity contribution in [2.24, 2.45) is 0 Å². The molecule has 2 heterocycles. The number of imide groups is 1. The molecular formula is C26H24NO9P. The Balaban J connectivity index is 1.70. The summed E-state index contributed by atoms with van der Waals surface area (Å²) in [5.41, 5.74) is -0.962. The Labute approximate surface area is 213 Å². The first-order chi connectivity index (χ1) is 17.6. The van der Waals surface area contributed by atoms with E-state index in [1.807, 2.05) is 0 Å². The Bertz CT molecular complexity index is 1300. The van der Waals surface area contributed by atoms with Crippen LogP contribution in [0.3, 0.4) is 0 Å².